The summed E-state index contributed by atoms with van der Waals surface area (Å²) in [7, 11) is 0. The van der Waals surface area contributed by atoms with E-state index in [1.165, 1.54) is 5.56 Å². The highest BCUT2D eigenvalue weighted by atomic mass is 35.5. The number of nitrogens with zero attached hydrogens (tertiary/aromatic N) is 1. The van der Waals surface area contributed by atoms with E-state index in [0.29, 0.717) is 0 Å². The second kappa shape index (κ2) is 5.29. The van der Waals surface area contributed by atoms with E-state index in [0.717, 1.165) is 16.4 Å². The van der Waals surface area contributed by atoms with Crippen LogP contribution in [0.4, 0.5) is 0 Å². The minimum Gasteiger partial charge on any atom is -0.348 e. The summed E-state index contributed by atoms with van der Waals surface area (Å²) in [6.07, 6.45) is 3.60. The number of halogens is 1. The van der Waals surface area contributed by atoms with Gasteiger partial charge in [0.05, 0.1) is 5.92 Å². The van der Waals surface area contributed by atoms with Gasteiger partial charge in [0.2, 0.25) is 0 Å². The third-order valence-electron chi connectivity index (χ3n) is 3.14. The Kier molecular flexibility index (Phi) is 3.34. The van der Waals surface area contributed by atoms with Crippen molar-refractivity contribution >= 4 is 11.6 Å². The van der Waals surface area contributed by atoms with Crippen LogP contribution in [0.5, 0.6) is 0 Å². The molecule has 2 aromatic carbocycles. The first-order valence-corrected chi connectivity index (χ1v) is 6.52. The number of hydrogen-bond donors (Lipinski definition) is 1. The molecule has 0 amide bonds. The standard InChI is InChI=1S/C16H13ClN2/c17-14-9-5-4-8-13(14)15(16-18-10-11-19-16)12-6-2-1-3-7-12/h1-11,15H,(H,18,19). The van der Waals surface area contributed by atoms with Crippen LogP contribution in [0.2, 0.25) is 5.02 Å². The van der Waals surface area contributed by atoms with Gasteiger partial charge in [0.15, 0.2) is 0 Å². The summed E-state index contributed by atoms with van der Waals surface area (Å²) in [5.41, 5.74) is 2.23. The zero-order valence-electron chi connectivity index (χ0n) is 10.3. The Morgan fingerprint density at radius 1 is 0.947 bits per heavy atom. The minimum atomic E-state index is 0.0323. The lowest BCUT2D eigenvalue weighted by Gasteiger charge is -2.17. The van der Waals surface area contributed by atoms with E-state index in [1.54, 1.807) is 6.20 Å². The highest BCUT2D eigenvalue weighted by Gasteiger charge is 2.20. The van der Waals surface area contributed by atoms with Gasteiger partial charge in [0.25, 0.3) is 0 Å². The highest BCUT2D eigenvalue weighted by Crippen LogP contribution is 2.33. The average molecular weight is 269 g/mol. The average Bonchev–Trinajstić information content (AvgIpc) is 2.96. The SMILES string of the molecule is Clc1ccccc1C(c1ccccc1)c1ncc[nH]1. The number of hydrogen-bond acceptors (Lipinski definition) is 1. The van der Waals surface area contributed by atoms with Crippen LogP contribution in [0.3, 0.4) is 0 Å². The number of imidazole rings is 1. The zero-order chi connectivity index (χ0) is 13.1. The van der Waals surface area contributed by atoms with Gasteiger partial charge in [-0.25, -0.2) is 4.98 Å². The maximum atomic E-state index is 6.34. The monoisotopic (exact) mass is 268 g/mol. The summed E-state index contributed by atoms with van der Waals surface area (Å²) in [5.74, 6) is 0.934. The molecule has 94 valence electrons. The van der Waals surface area contributed by atoms with Gasteiger partial charge in [0, 0.05) is 17.4 Å². The van der Waals surface area contributed by atoms with Gasteiger partial charge in [-0.15, -0.1) is 0 Å². The van der Waals surface area contributed by atoms with E-state index in [-0.39, 0.29) is 5.92 Å². The Morgan fingerprint density at radius 3 is 2.37 bits per heavy atom. The van der Waals surface area contributed by atoms with E-state index >= 15 is 0 Å². The van der Waals surface area contributed by atoms with Crippen LogP contribution in [0.25, 0.3) is 0 Å². The summed E-state index contributed by atoms with van der Waals surface area (Å²) in [4.78, 5) is 7.59. The van der Waals surface area contributed by atoms with Crippen LogP contribution in [0, 0.1) is 0 Å². The molecule has 3 heteroatoms. The molecule has 1 aromatic heterocycles. The van der Waals surface area contributed by atoms with Gasteiger partial charge in [0.1, 0.15) is 5.82 Å². The third-order valence-corrected chi connectivity index (χ3v) is 3.49. The Hall–Kier alpha value is -2.06. The van der Waals surface area contributed by atoms with Crippen LogP contribution in [0.1, 0.15) is 22.9 Å². The molecule has 2 nitrogen and oxygen atoms in total. The fraction of sp³-hybridized carbons (Fsp3) is 0.0625. The van der Waals surface area contributed by atoms with Crippen LogP contribution in [-0.2, 0) is 0 Å². The predicted octanol–water partition coefficient (Wildman–Crippen LogP) is 4.24. The molecule has 3 rings (SSSR count). The number of rotatable bonds is 3. The van der Waals surface area contributed by atoms with Crippen molar-refractivity contribution in [3.63, 3.8) is 0 Å². The Balaban J connectivity index is 2.16. The number of aromatic amines is 1. The highest BCUT2D eigenvalue weighted by molar-refractivity contribution is 6.31. The normalized spacial score (nSPS) is 12.3. The van der Waals surface area contributed by atoms with E-state index in [4.69, 9.17) is 11.6 Å². The molecule has 1 heterocycles. The van der Waals surface area contributed by atoms with E-state index in [9.17, 15) is 0 Å². The van der Waals surface area contributed by atoms with Gasteiger partial charge in [-0.2, -0.15) is 0 Å². The fourth-order valence-electron chi connectivity index (χ4n) is 2.27. The van der Waals surface area contributed by atoms with Crippen LogP contribution in [-0.4, -0.2) is 9.97 Å². The number of aromatic nitrogens is 2. The molecule has 0 aliphatic rings. The second-order valence-electron chi connectivity index (χ2n) is 4.34. The molecule has 0 aliphatic carbocycles. The van der Waals surface area contributed by atoms with Crippen molar-refractivity contribution in [3.05, 3.63) is 89.0 Å². The summed E-state index contributed by atoms with van der Waals surface area (Å²) in [5, 5.41) is 0.757. The lowest BCUT2D eigenvalue weighted by atomic mass is 9.90. The molecule has 19 heavy (non-hydrogen) atoms. The van der Waals surface area contributed by atoms with Crippen molar-refractivity contribution in [3.8, 4) is 0 Å². The first-order valence-electron chi connectivity index (χ1n) is 6.15. The van der Waals surface area contributed by atoms with Crippen molar-refractivity contribution < 1.29 is 0 Å². The Bertz CT molecular complexity index is 648. The molecule has 1 unspecified atom stereocenters. The summed E-state index contributed by atoms with van der Waals surface area (Å²) in [6, 6.07) is 18.2. The lowest BCUT2D eigenvalue weighted by molar-refractivity contribution is 0.884. The smallest absolute Gasteiger partial charge is 0.118 e. The number of benzene rings is 2. The van der Waals surface area contributed by atoms with Crippen LogP contribution < -0.4 is 0 Å². The van der Waals surface area contributed by atoms with Crippen molar-refractivity contribution in [1.29, 1.82) is 0 Å². The quantitative estimate of drug-likeness (QED) is 0.756. The lowest BCUT2D eigenvalue weighted by Crippen LogP contribution is -2.05. The number of nitrogens with one attached hydrogen (secondary N) is 1. The van der Waals surface area contributed by atoms with E-state index in [1.807, 2.05) is 48.7 Å². The first-order chi connectivity index (χ1) is 9.36. The fourth-order valence-corrected chi connectivity index (χ4v) is 2.52. The molecule has 1 N–H and O–H groups in total. The van der Waals surface area contributed by atoms with Crippen molar-refractivity contribution in [2.45, 2.75) is 5.92 Å². The summed E-state index contributed by atoms with van der Waals surface area (Å²) < 4.78 is 0. The Morgan fingerprint density at radius 2 is 1.68 bits per heavy atom. The molecule has 0 fully saturated rings. The maximum absolute atomic E-state index is 6.34. The Labute approximate surface area is 117 Å². The molecule has 0 bridgehead atoms. The molecular formula is C16H13ClN2. The molecule has 0 saturated carbocycles. The van der Waals surface area contributed by atoms with Gasteiger partial charge in [-0.3, -0.25) is 0 Å². The van der Waals surface area contributed by atoms with Crippen molar-refractivity contribution in [2.75, 3.05) is 0 Å². The minimum absolute atomic E-state index is 0.0323. The van der Waals surface area contributed by atoms with Gasteiger partial charge >= 0.3 is 0 Å². The van der Waals surface area contributed by atoms with Crippen LogP contribution in [0.15, 0.2) is 67.0 Å². The van der Waals surface area contributed by atoms with Crippen molar-refractivity contribution in [2.24, 2.45) is 0 Å². The first kappa shape index (κ1) is 12.0. The summed E-state index contributed by atoms with van der Waals surface area (Å²) in [6.45, 7) is 0. The molecule has 3 aromatic rings. The molecule has 0 spiro atoms. The van der Waals surface area contributed by atoms with Gasteiger partial charge in [-0.1, -0.05) is 60.1 Å². The van der Waals surface area contributed by atoms with E-state index < -0.39 is 0 Å². The zero-order valence-corrected chi connectivity index (χ0v) is 11.0. The molecule has 0 radical (unpaired) electrons. The van der Waals surface area contributed by atoms with Crippen molar-refractivity contribution in [1.82, 2.24) is 9.97 Å². The van der Waals surface area contributed by atoms with Gasteiger partial charge < -0.3 is 4.98 Å². The summed E-state index contributed by atoms with van der Waals surface area (Å²) >= 11 is 6.34. The van der Waals surface area contributed by atoms with Crippen LogP contribution >= 0.6 is 11.6 Å². The maximum Gasteiger partial charge on any atom is 0.118 e. The third kappa shape index (κ3) is 2.40. The largest absolute Gasteiger partial charge is 0.348 e. The number of H-pyrrole nitrogens is 1. The molecule has 0 aliphatic heterocycles. The second-order valence-corrected chi connectivity index (χ2v) is 4.75. The van der Waals surface area contributed by atoms with Gasteiger partial charge in [-0.05, 0) is 17.2 Å². The molecular weight excluding hydrogens is 256 g/mol. The predicted molar refractivity (Wildman–Crippen MR) is 77.4 cm³/mol. The molecule has 1 atom stereocenters. The molecule has 0 saturated heterocycles. The topological polar surface area (TPSA) is 28.7 Å². The van der Waals surface area contributed by atoms with E-state index in [2.05, 4.69) is 22.1 Å².